The van der Waals surface area contributed by atoms with Crippen molar-refractivity contribution in [3.05, 3.63) is 35.6 Å². The molecule has 0 aliphatic carbocycles. The third-order valence-corrected chi connectivity index (χ3v) is 2.33. The van der Waals surface area contributed by atoms with Crippen molar-refractivity contribution in [2.75, 3.05) is 13.6 Å². The summed E-state index contributed by atoms with van der Waals surface area (Å²) in [6, 6.07) is 6.78. The van der Waals surface area contributed by atoms with Crippen molar-refractivity contribution in [1.29, 1.82) is 0 Å². The molecule has 0 amide bonds. The summed E-state index contributed by atoms with van der Waals surface area (Å²) >= 11 is 0. The number of aliphatic hydroxyl groups excluding tert-OH is 1. The van der Waals surface area contributed by atoms with Crippen LogP contribution in [0.1, 0.15) is 18.9 Å². The van der Waals surface area contributed by atoms with Crippen molar-refractivity contribution in [2.24, 2.45) is 0 Å². The number of rotatable bonds is 5. The summed E-state index contributed by atoms with van der Waals surface area (Å²) in [5.41, 5.74) is 0.700. The minimum Gasteiger partial charge on any atom is -0.393 e. The van der Waals surface area contributed by atoms with E-state index in [2.05, 4.69) is 0 Å². The lowest BCUT2D eigenvalue weighted by Gasteiger charge is -2.17. The Labute approximate surface area is 90.3 Å². The molecule has 0 bridgehead atoms. The molecule has 0 radical (unpaired) electrons. The van der Waals surface area contributed by atoms with E-state index in [-0.39, 0.29) is 11.9 Å². The first-order valence-corrected chi connectivity index (χ1v) is 5.19. The Bertz CT molecular complexity index is 301. The molecule has 0 saturated heterocycles. The Morgan fingerprint density at radius 3 is 2.67 bits per heavy atom. The highest BCUT2D eigenvalue weighted by atomic mass is 19.1. The van der Waals surface area contributed by atoms with E-state index < -0.39 is 0 Å². The second kappa shape index (κ2) is 5.83. The van der Waals surface area contributed by atoms with Crippen LogP contribution in [0.2, 0.25) is 0 Å². The lowest BCUT2D eigenvalue weighted by Crippen LogP contribution is -2.22. The molecule has 1 rings (SSSR count). The van der Waals surface area contributed by atoms with Crippen LogP contribution in [0.25, 0.3) is 0 Å². The van der Waals surface area contributed by atoms with Crippen LogP contribution >= 0.6 is 0 Å². The Hall–Kier alpha value is -0.930. The van der Waals surface area contributed by atoms with Crippen molar-refractivity contribution in [1.82, 2.24) is 4.90 Å². The van der Waals surface area contributed by atoms with Crippen LogP contribution in [0, 0.1) is 5.82 Å². The first kappa shape index (κ1) is 12.1. The highest BCUT2D eigenvalue weighted by Gasteiger charge is 2.05. The number of hydrogen-bond donors (Lipinski definition) is 1. The molecule has 0 fully saturated rings. The Balaban J connectivity index is 2.44. The molecule has 15 heavy (non-hydrogen) atoms. The topological polar surface area (TPSA) is 23.5 Å². The number of aliphatic hydroxyl groups is 1. The van der Waals surface area contributed by atoms with E-state index in [1.165, 1.54) is 6.07 Å². The third-order valence-electron chi connectivity index (χ3n) is 2.33. The lowest BCUT2D eigenvalue weighted by molar-refractivity contribution is 0.162. The standard InChI is InChI=1S/C12H18FNO/c1-10(15)7-8-14(2)9-11-5-3-4-6-12(11)13/h3-6,10,15H,7-9H2,1-2H3. The molecule has 1 aromatic rings. The third kappa shape index (κ3) is 4.40. The van der Waals surface area contributed by atoms with Gasteiger partial charge in [-0.25, -0.2) is 4.39 Å². The first-order chi connectivity index (χ1) is 7.09. The monoisotopic (exact) mass is 211 g/mol. The summed E-state index contributed by atoms with van der Waals surface area (Å²) < 4.78 is 13.3. The molecule has 0 aliphatic rings. The molecule has 1 atom stereocenters. The molecule has 1 N–H and O–H groups in total. The molecule has 0 saturated carbocycles. The van der Waals surface area contributed by atoms with Crippen molar-refractivity contribution >= 4 is 0 Å². The van der Waals surface area contributed by atoms with Crippen molar-refractivity contribution < 1.29 is 9.50 Å². The van der Waals surface area contributed by atoms with Crippen LogP contribution in [0.3, 0.4) is 0 Å². The van der Waals surface area contributed by atoms with Gasteiger partial charge in [-0.2, -0.15) is 0 Å². The van der Waals surface area contributed by atoms with Crippen molar-refractivity contribution in [3.63, 3.8) is 0 Å². The predicted molar refractivity (Wildman–Crippen MR) is 59.0 cm³/mol. The second-order valence-corrected chi connectivity index (χ2v) is 3.97. The quantitative estimate of drug-likeness (QED) is 0.805. The summed E-state index contributed by atoms with van der Waals surface area (Å²) in [6.45, 7) is 3.11. The zero-order valence-electron chi connectivity index (χ0n) is 9.28. The molecule has 0 aliphatic heterocycles. The van der Waals surface area contributed by atoms with Gasteiger partial charge in [0.15, 0.2) is 0 Å². The van der Waals surface area contributed by atoms with Gasteiger partial charge in [-0.15, -0.1) is 0 Å². The number of hydrogen-bond acceptors (Lipinski definition) is 2. The summed E-state index contributed by atoms with van der Waals surface area (Å²) in [7, 11) is 1.93. The largest absolute Gasteiger partial charge is 0.393 e. The minimum atomic E-state index is -0.298. The summed E-state index contributed by atoms with van der Waals surface area (Å²) in [4.78, 5) is 2.01. The summed E-state index contributed by atoms with van der Waals surface area (Å²) in [6.07, 6.45) is 0.415. The Morgan fingerprint density at radius 2 is 2.07 bits per heavy atom. The van der Waals surface area contributed by atoms with Gasteiger partial charge in [0.25, 0.3) is 0 Å². The van der Waals surface area contributed by atoms with Gasteiger partial charge in [-0.1, -0.05) is 18.2 Å². The number of benzene rings is 1. The maximum Gasteiger partial charge on any atom is 0.127 e. The van der Waals surface area contributed by atoms with Crippen LogP contribution < -0.4 is 0 Å². The smallest absolute Gasteiger partial charge is 0.127 e. The SMILES string of the molecule is CC(O)CCN(C)Cc1ccccc1F. The van der Waals surface area contributed by atoms with Gasteiger partial charge >= 0.3 is 0 Å². The molecular formula is C12H18FNO. The first-order valence-electron chi connectivity index (χ1n) is 5.19. The zero-order chi connectivity index (χ0) is 11.3. The molecule has 2 nitrogen and oxygen atoms in total. The maximum absolute atomic E-state index is 13.3. The summed E-state index contributed by atoms with van der Waals surface area (Å²) in [5, 5.41) is 9.12. The van der Waals surface area contributed by atoms with Crippen LogP contribution in [0.15, 0.2) is 24.3 Å². The number of nitrogens with zero attached hydrogens (tertiary/aromatic N) is 1. The van der Waals surface area contributed by atoms with Gasteiger partial charge in [0, 0.05) is 18.7 Å². The van der Waals surface area contributed by atoms with Gasteiger partial charge in [0.05, 0.1) is 6.10 Å². The van der Waals surface area contributed by atoms with E-state index in [0.29, 0.717) is 18.5 Å². The molecule has 84 valence electrons. The van der Waals surface area contributed by atoms with Crippen LogP contribution in [0.4, 0.5) is 4.39 Å². The predicted octanol–water partition coefficient (Wildman–Crippen LogP) is 2.03. The van der Waals surface area contributed by atoms with E-state index >= 15 is 0 Å². The molecule has 0 aromatic heterocycles. The summed E-state index contributed by atoms with van der Waals surface area (Å²) in [5.74, 6) is -0.165. The molecular weight excluding hydrogens is 193 g/mol. The Kier molecular flexibility index (Phi) is 4.72. The van der Waals surface area contributed by atoms with Crippen LogP contribution in [-0.4, -0.2) is 29.7 Å². The van der Waals surface area contributed by atoms with Crippen LogP contribution in [-0.2, 0) is 6.54 Å². The second-order valence-electron chi connectivity index (χ2n) is 3.97. The minimum absolute atomic E-state index is 0.165. The van der Waals surface area contributed by atoms with Gasteiger partial charge in [-0.3, -0.25) is 0 Å². The van der Waals surface area contributed by atoms with Crippen LogP contribution in [0.5, 0.6) is 0 Å². The average Bonchev–Trinajstić information content (AvgIpc) is 2.18. The molecule has 1 unspecified atom stereocenters. The van der Waals surface area contributed by atoms with E-state index in [0.717, 1.165) is 6.54 Å². The van der Waals surface area contributed by atoms with Gasteiger partial charge in [0.2, 0.25) is 0 Å². The average molecular weight is 211 g/mol. The fourth-order valence-corrected chi connectivity index (χ4v) is 1.40. The molecule has 3 heteroatoms. The highest BCUT2D eigenvalue weighted by molar-refractivity contribution is 5.16. The van der Waals surface area contributed by atoms with Gasteiger partial charge < -0.3 is 10.0 Å². The molecule has 0 spiro atoms. The number of halogens is 1. The lowest BCUT2D eigenvalue weighted by atomic mass is 10.2. The zero-order valence-corrected chi connectivity index (χ0v) is 9.28. The van der Waals surface area contributed by atoms with Gasteiger partial charge in [-0.05, 0) is 26.5 Å². The Morgan fingerprint density at radius 1 is 1.40 bits per heavy atom. The van der Waals surface area contributed by atoms with E-state index in [1.807, 2.05) is 18.0 Å². The van der Waals surface area contributed by atoms with Crippen molar-refractivity contribution in [2.45, 2.75) is 26.0 Å². The van der Waals surface area contributed by atoms with E-state index in [9.17, 15) is 4.39 Å². The fraction of sp³-hybridized carbons (Fsp3) is 0.500. The normalized spacial score (nSPS) is 13.1. The van der Waals surface area contributed by atoms with Gasteiger partial charge in [0.1, 0.15) is 5.82 Å². The maximum atomic E-state index is 13.3. The highest BCUT2D eigenvalue weighted by Crippen LogP contribution is 2.09. The molecule has 0 heterocycles. The van der Waals surface area contributed by atoms with E-state index in [1.54, 1.807) is 19.1 Å². The molecule has 1 aromatic carbocycles. The van der Waals surface area contributed by atoms with E-state index in [4.69, 9.17) is 5.11 Å². The van der Waals surface area contributed by atoms with Crippen molar-refractivity contribution in [3.8, 4) is 0 Å². The fourth-order valence-electron chi connectivity index (χ4n) is 1.40.